The average molecular weight is 272 g/mol. The zero-order chi connectivity index (χ0) is 14.5. The first kappa shape index (κ1) is 14.8. The van der Waals surface area contributed by atoms with Crippen molar-refractivity contribution in [3.05, 3.63) is 58.5 Å². The van der Waals surface area contributed by atoms with Gasteiger partial charge in [0.05, 0.1) is 6.54 Å². The molecule has 2 rings (SSSR count). The molecule has 0 aliphatic heterocycles. The van der Waals surface area contributed by atoms with Gasteiger partial charge in [-0.1, -0.05) is 29.8 Å². The van der Waals surface area contributed by atoms with Crippen molar-refractivity contribution in [2.45, 2.75) is 33.5 Å². The van der Waals surface area contributed by atoms with E-state index in [2.05, 4.69) is 54.5 Å². The minimum atomic E-state index is 0.780. The zero-order valence-electron chi connectivity index (χ0n) is 12.9. The molecule has 1 aromatic carbocycles. The van der Waals surface area contributed by atoms with Crippen molar-refractivity contribution < 1.29 is 4.42 Å². The second kappa shape index (κ2) is 6.73. The molecule has 0 radical (unpaired) electrons. The number of furan rings is 1. The third kappa shape index (κ3) is 3.95. The highest BCUT2D eigenvalue weighted by atomic mass is 16.3. The predicted octanol–water partition coefficient (Wildman–Crippen LogP) is 3.25. The lowest BCUT2D eigenvalue weighted by molar-refractivity contribution is 0.316. The molecule has 2 aromatic rings. The van der Waals surface area contributed by atoms with Gasteiger partial charge in [0.25, 0.3) is 0 Å². The van der Waals surface area contributed by atoms with Crippen LogP contribution < -0.4 is 5.32 Å². The molecule has 0 aliphatic rings. The van der Waals surface area contributed by atoms with E-state index in [1.165, 1.54) is 16.7 Å². The Morgan fingerprint density at radius 2 is 1.80 bits per heavy atom. The van der Waals surface area contributed by atoms with Crippen LogP contribution in [-0.4, -0.2) is 19.0 Å². The summed E-state index contributed by atoms with van der Waals surface area (Å²) in [6.07, 6.45) is 0. The lowest BCUT2D eigenvalue weighted by Gasteiger charge is -2.16. The van der Waals surface area contributed by atoms with E-state index in [1.54, 1.807) is 0 Å². The Kier molecular flexibility index (Phi) is 4.99. The molecule has 20 heavy (non-hydrogen) atoms. The Bertz CT molecular complexity index is 543. The zero-order valence-corrected chi connectivity index (χ0v) is 12.9. The molecule has 0 unspecified atom stereocenters. The van der Waals surface area contributed by atoms with Crippen LogP contribution in [0.1, 0.15) is 28.2 Å². The smallest absolute Gasteiger partial charge is 0.118 e. The van der Waals surface area contributed by atoms with Crippen LogP contribution in [0.25, 0.3) is 0 Å². The quantitative estimate of drug-likeness (QED) is 0.875. The molecular weight excluding hydrogens is 248 g/mol. The van der Waals surface area contributed by atoms with Gasteiger partial charge >= 0.3 is 0 Å². The van der Waals surface area contributed by atoms with Crippen molar-refractivity contribution in [2.24, 2.45) is 0 Å². The Balaban J connectivity index is 1.97. The van der Waals surface area contributed by atoms with Gasteiger partial charge in [0.1, 0.15) is 11.5 Å². The van der Waals surface area contributed by atoms with Gasteiger partial charge in [-0.2, -0.15) is 0 Å². The number of aryl methyl sites for hydroxylation is 2. The summed E-state index contributed by atoms with van der Waals surface area (Å²) in [6.45, 7) is 6.79. The topological polar surface area (TPSA) is 28.4 Å². The molecule has 108 valence electrons. The fraction of sp³-hybridized carbons (Fsp3) is 0.412. The molecule has 0 atom stereocenters. The maximum atomic E-state index is 5.73. The first-order valence-electron chi connectivity index (χ1n) is 7.05. The van der Waals surface area contributed by atoms with Crippen LogP contribution in [0.3, 0.4) is 0 Å². The number of hydrogen-bond acceptors (Lipinski definition) is 3. The minimum Gasteiger partial charge on any atom is -0.465 e. The highest BCUT2D eigenvalue weighted by Crippen LogP contribution is 2.17. The fourth-order valence-corrected chi connectivity index (χ4v) is 2.36. The number of nitrogens with zero attached hydrogens (tertiary/aromatic N) is 1. The summed E-state index contributed by atoms with van der Waals surface area (Å²) in [5.74, 6) is 2.02. The Morgan fingerprint density at radius 1 is 1.10 bits per heavy atom. The van der Waals surface area contributed by atoms with E-state index in [-0.39, 0.29) is 0 Å². The lowest BCUT2D eigenvalue weighted by atomic mass is 10.1. The largest absolute Gasteiger partial charge is 0.465 e. The predicted molar refractivity (Wildman–Crippen MR) is 82.6 cm³/mol. The number of hydrogen-bond donors (Lipinski definition) is 1. The van der Waals surface area contributed by atoms with Crippen molar-refractivity contribution >= 4 is 0 Å². The van der Waals surface area contributed by atoms with Gasteiger partial charge in [-0.15, -0.1) is 0 Å². The SMILES string of the molecule is CNCc1cc(CN(C)Cc2ccc(C)cc2)c(C)o1. The van der Waals surface area contributed by atoms with Crippen molar-refractivity contribution in [3.63, 3.8) is 0 Å². The first-order valence-corrected chi connectivity index (χ1v) is 7.05. The second-order valence-electron chi connectivity index (χ2n) is 5.48. The molecule has 0 aliphatic carbocycles. The summed E-state index contributed by atoms with van der Waals surface area (Å²) in [5.41, 5.74) is 3.92. The molecule has 1 N–H and O–H groups in total. The maximum absolute atomic E-state index is 5.73. The number of benzene rings is 1. The summed E-state index contributed by atoms with van der Waals surface area (Å²) in [5, 5.41) is 3.12. The molecule has 0 fully saturated rings. The Hall–Kier alpha value is -1.58. The molecule has 1 heterocycles. The monoisotopic (exact) mass is 272 g/mol. The molecular formula is C17H24N2O. The van der Waals surface area contributed by atoms with Crippen LogP contribution in [-0.2, 0) is 19.6 Å². The van der Waals surface area contributed by atoms with Crippen molar-refractivity contribution in [1.82, 2.24) is 10.2 Å². The first-order chi connectivity index (χ1) is 9.58. The molecule has 3 nitrogen and oxygen atoms in total. The van der Waals surface area contributed by atoms with Crippen LogP contribution in [0.4, 0.5) is 0 Å². The van der Waals surface area contributed by atoms with E-state index in [0.29, 0.717) is 0 Å². The fourth-order valence-electron chi connectivity index (χ4n) is 2.36. The summed E-state index contributed by atoms with van der Waals surface area (Å²) < 4.78 is 5.73. The highest BCUT2D eigenvalue weighted by molar-refractivity contribution is 5.23. The van der Waals surface area contributed by atoms with Crippen LogP contribution in [0, 0.1) is 13.8 Å². The van der Waals surface area contributed by atoms with Crippen LogP contribution in [0.2, 0.25) is 0 Å². The molecule has 3 heteroatoms. The third-order valence-electron chi connectivity index (χ3n) is 3.44. The van der Waals surface area contributed by atoms with E-state index in [4.69, 9.17) is 4.42 Å². The molecule has 0 saturated carbocycles. The molecule has 0 bridgehead atoms. The van der Waals surface area contributed by atoms with E-state index < -0.39 is 0 Å². The van der Waals surface area contributed by atoms with E-state index >= 15 is 0 Å². The summed E-state index contributed by atoms with van der Waals surface area (Å²) in [7, 11) is 4.07. The summed E-state index contributed by atoms with van der Waals surface area (Å²) >= 11 is 0. The molecule has 0 spiro atoms. The third-order valence-corrected chi connectivity index (χ3v) is 3.44. The van der Waals surface area contributed by atoms with Gasteiger partial charge in [-0.05, 0) is 39.6 Å². The number of rotatable bonds is 6. The standard InChI is InChI=1S/C17H24N2O/c1-13-5-7-15(8-6-13)11-19(4)12-16-9-17(10-18-3)20-14(16)2/h5-9,18H,10-12H2,1-4H3. The minimum absolute atomic E-state index is 0.780. The van der Waals surface area contributed by atoms with E-state index in [0.717, 1.165) is 31.2 Å². The number of nitrogens with one attached hydrogen (secondary N) is 1. The van der Waals surface area contributed by atoms with Gasteiger partial charge in [-0.3, -0.25) is 4.90 Å². The van der Waals surface area contributed by atoms with E-state index in [9.17, 15) is 0 Å². The molecule has 0 saturated heterocycles. The van der Waals surface area contributed by atoms with Crippen molar-refractivity contribution in [2.75, 3.05) is 14.1 Å². The van der Waals surface area contributed by atoms with Gasteiger partial charge in [0.2, 0.25) is 0 Å². The Labute approximate surface area is 121 Å². The van der Waals surface area contributed by atoms with Crippen molar-refractivity contribution in [1.29, 1.82) is 0 Å². The summed E-state index contributed by atoms with van der Waals surface area (Å²) in [4.78, 5) is 2.31. The average Bonchev–Trinajstić information content (AvgIpc) is 2.73. The van der Waals surface area contributed by atoms with Gasteiger partial charge in [0, 0.05) is 18.7 Å². The molecule has 0 amide bonds. The Morgan fingerprint density at radius 3 is 2.45 bits per heavy atom. The normalized spacial score (nSPS) is 11.2. The van der Waals surface area contributed by atoms with Crippen molar-refractivity contribution in [3.8, 4) is 0 Å². The lowest BCUT2D eigenvalue weighted by Crippen LogP contribution is -2.17. The van der Waals surface area contributed by atoms with Gasteiger partial charge in [0.15, 0.2) is 0 Å². The summed E-state index contributed by atoms with van der Waals surface area (Å²) in [6, 6.07) is 10.9. The van der Waals surface area contributed by atoms with Gasteiger partial charge < -0.3 is 9.73 Å². The second-order valence-corrected chi connectivity index (χ2v) is 5.48. The van der Waals surface area contributed by atoms with E-state index in [1.807, 2.05) is 14.0 Å². The van der Waals surface area contributed by atoms with Crippen LogP contribution in [0.15, 0.2) is 34.7 Å². The highest BCUT2D eigenvalue weighted by Gasteiger charge is 2.09. The maximum Gasteiger partial charge on any atom is 0.118 e. The van der Waals surface area contributed by atoms with Crippen LogP contribution in [0.5, 0.6) is 0 Å². The molecule has 1 aromatic heterocycles. The van der Waals surface area contributed by atoms with Crippen LogP contribution >= 0.6 is 0 Å². The van der Waals surface area contributed by atoms with Gasteiger partial charge in [-0.25, -0.2) is 0 Å².